The maximum atomic E-state index is 12.4. The SMILES string of the molecule is CCOC(=O)c1ccc(NC(=O)c2cc(-c3cccc(C)c3O)n[nH]2)cc1. The topological polar surface area (TPSA) is 104 Å². The molecule has 0 fully saturated rings. The summed E-state index contributed by atoms with van der Waals surface area (Å²) >= 11 is 0. The summed E-state index contributed by atoms with van der Waals surface area (Å²) in [5, 5.41) is 19.6. The quantitative estimate of drug-likeness (QED) is 0.600. The maximum absolute atomic E-state index is 12.4. The van der Waals surface area contributed by atoms with Crippen LogP contribution in [-0.4, -0.2) is 33.8 Å². The molecule has 0 radical (unpaired) electrons. The van der Waals surface area contributed by atoms with Gasteiger partial charge in [0, 0.05) is 11.3 Å². The van der Waals surface area contributed by atoms with Crippen LogP contribution in [0.15, 0.2) is 48.5 Å². The second-order valence-electron chi connectivity index (χ2n) is 5.89. The normalized spacial score (nSPS) is 10.4. The number of carbonyl (C=O) groups excluding carboxylic acids is 2. The molecular formula is C20H19N3O4. The van der Waals surface area contributed by atoms with E-state index >= 15 is 0 Å². The number of phenols is 1. The Bertz CT molecular complexity index is 977. The molecule has 0 aliphatic heterocycles. The smallest absolute Gasteiger partial charge is 0.338 e. The maximum Gasteiger partial charge on any atom is 0.338 e. The molecule has 27 heavy (non-hydrogen) atoms. The number of hydrogen-bond acceptors (Lipinski definition) is 5. The second kappa shape index (κ2) is 7.74. The number of nitrogens with zero attached hydrogens (tertiary/aromatic N) is 1. The van der Waals surface area contributed by atoms with Crippen molar-refractivity contribution < 1.29 is 19.4 Å². The minimum atomic E-state index is -0.411. The molecule has 1 heterocycles. The van der Waals surface area contributed by atoms with E-state index in [0.29, 0.717) is 29.1 Å². The average molecular weight is 365 g/mol. The highest BCUT2D eigenvalue weighted by Crippen LogP contribution is 2.30. The van der Waals surface area contributed by atoms with Crippen molar-refractivity contribution in [1.29, 1.82) is 0 Å². The second-order valence-corrected chi connectivity index (χ2v) is 5.89. The monoisotopic (exact) mass is 365 g/mol. The van der Waals surface area contributed by atoms with E-state index in [-0.39, 0.29) is 17.4 Å². The number of rotatable bonds is 5. The molecule has 0 spiro atoms. The molecule has 138 valence electrons. The van der Waals surface area contributed by atoms with Gasteiger partial charge >= 0.3 is 5.97 Å². The number of aryl methyl sites for hydroxylation is 1. The Kier molecular flexibility index (Phi) is 5.21. The number of esters is 1. The molecule has 7 heteroatoms. The number of aromatic nitrogens is 2. The van der Waals surface area contributed by atoms with Crippen molar-refractivity contribution in [2.45, 2.75) is 13.8 Å². The molecule has 0 aliphatic rings. The summed E-state index contributed by atoms with van der Waals surface area (Å²) in [5.74, 6) is -0.665. The van der Waals surface area contributed by atoms with Crippen LogP contribution in [0.2, 0.25) is 0 Å². The Morgan fingerprint density at radius 1 is 1.19 bits per heavy atom. The Balaban J connectivity index is 1.73. The van der Waals surface area contributed by atoms with Crippen LogP contribution in [-0.2, 0) is 4.74 Å². The highest BCUT2D eigenvalue weighted by atomic mass is 16.5. The fourth-order valence-electron chi connectivity index (χ4n) is 2.54. The number of phenolic OH excluding ortho intramolecular Hbond substituents is 1. The number of benzene rings is 2. The Morgan fingerprint density at radius 2 is 1.93 bits per heavy atom. The van der Waals surface area contributed by atoms with Crippen LogP contribution in [0.3, 0.4) is 0 Å². The first kappa shape index (κ1) is 18.2. The van der Waals surface area contributed by atoms with Crippen LogP contribution in [0.4, 0.5) is 5.69 Å². The first-order valence-corrected chi connectivity index (χ1v) is 8.42. The standard InChI is InChI=1S/C20H19N3O4/c1-3-27-20(26)13-7-9-14(10-8-13)21-19(25)17-11-16(22-23-17)15-6-4-5-12(2)18(15)24/h4-11,24H,3H2,1-2H3,(H,21,25)(H,22,23). The van der Waals surface area contributed by atoms with Gasteiger partial charge in [-0.1, -0.05) is 12.1 Å². The average Bonchev–Trinajstić information content (AvgIpc) is 3.15. The third kappa shape index (κ3) is 3.98. The fourth-order valence-corrected chi connectivity index (χ4v) is 2.54. The van der Waals surface area contributed by atoms with E-state index in [2.05, 4.69) is 15.5 Å². The summed E-state index contributed by atoms with van der Waals surface area (Å²) in [7, 11) is 0. The predicted octanol–water partition coefficient (Wildman–Crippen LogP) is 3.52. The zero-order valence-corrected chi connectivity index (χ0v) is 14.9. The lowest BCUT2D eigenvalue weighted by molar-refractivity contribution is 0.0526. The van der Waals surface area contributed by atoms with Crippen molar-refractivity contribution in [2.75, 3.05) is 11.9 Å². The Hall–Kier alpha value is -3.61. The van der Waals surface area contributed by atoms with Gasteiger partial charge in [-0.3, -0.25) is 9.89 Å². The lowest BCUT2D eigenvalue weighted by Crippen LogP contribution is -2.12. The van der Waals surface area contributed by atoms with Gasteiger partial charge < -0.3 is 15.2 Å². The molecule has 1 aromatic heterocycles. The number of H-pyrrole nitrogens is 1. The predicted molar refractivity (Wildman–Crippen MR) is 101 cm³/mol. The molecule has 0 aliphatic carbocycles. The molecule has 0 saturated carbocycles. The summed E-state index contributed by atoms with van der Waals surface area (Å²) in [6.07, 6.45) is 0. The number of amides is 1. The van der Waals surface area contributed by atoms with Crippen molar-refractivity contribution in [1.82, 2.24) is 10.2 Å². The first-order valence-electron chi connectivity index (χ1n) is 8.42. The summed E-state index contributed by atoms with van der Waals surface area (Å²) in [4.78, 5) is 24.0. The van der Waals surface area contributed by atoms with Gasteiger partial charge in [0.1, 0.15) is 11.4 Å². The van der Waals surface area contributed by atoms with Crippen LogP contribution in [0.1, 0.15) is 33.3 Å². The summed E-state index contributed by atoms with van der Waals surface area (Å²) < 4.78 is 4.92. The zero-order chi connectivity index (χ0) is 19.4. The van der Waals surface area contributed by atoms with Crippen LogP contribution >= 0.6 is 0 Å². The van der Waals surface area contributed by atoms with Gasteiger partial charge in [-0.15, -0.1) is 0 Å². The van der Waals surface area contributed by atoms with Gasteiger partial charge in [0.25, 0.3) is 5.91 Å². The molecule has 0 atom stereocenters. The number of anilines is 1. The molecule has 2 aromatic carbocycles. The van der Waals surface area contributed by atoms with Gasteiger partial charge in [-0.25, -0.2) is 4.79 Å². The first-order chi connectivity index (χ1) is 13.0. The van der Waals surface area contributed by atoms with Crippen LogP contribution in [0.25, 0.3) is 11.3 Å². The minimum Gasteiger partial charge on any atom is -0.507 e. The van der Waals surface area contributed by atoms with Crippen molar-refractivity contribution >= 4 is 17.6 Å². The number of ether oxygens (including phenoxy) is 1. The van der Waals surface area contributed by atoms with Gasteiger partial charge in [-0.2, -0.15) is 5.10 Å². The molecule has 0 unspecified atom stereocenters. The van der Waals surface area contributed by atoms with E-state index in [1.54, 1.807) is 56.3 Å². The number of nitrogens with one attached hydrogen (secondary N) is 2. The van der Waals surface area contributed by atoms with E-state index in [1.807, 2.05) is 6.07 Å². The molecular weight excluding hydrogens is 346 g/mol. The van der Waals surface area contributed by atoms with Gasteiger partial charge in [0.15, 0.2) is 0 Å². The fraction of sp³-hybridized carbons (Fsp3) is 0.150. The molecule has 7 nitrogen and oxygen atoms in total. The minimum absolute atomic E-state index is 0.130. The lowest BCUT2D eigenvalue weighted by Gasteiger charge is -2.05. The molecule has 0 bridgehead atoms. The van der Waals surface area contributed by atoms with Crippen molar-refractivity contribution in [3.63, 3.8) is 0 Å². The molecule has 1 amide bonds. The third-order valence-corrected chi connectivity index (χ3v) is 3.99. The van der Waals surface area contributed by atoms with E-state index < -0.39 is 5.97 Å². The Morgan fingerprint density at radius 3 is 2.63 bits per heavy atom. The van der Waals surface area contributed by atoms with E-state index in [9.17, 15) is 14.7 Å². The lowest BCUT2D eigenvalue weighted by atomic mass is 10.1. The van der Waals surface area contributed by atoms with E-state index in [4.69, 9.17) is 4.74 Å². The molecule has 3 aromatic rings. The third-order valence-electron chi connectivity index (χ3n) is 3.99. The summed E-state index contributed by atoms with van der Waals surface area (Å²) in [6, 6.07) is 13.3. The summed E-state index contributed by atoms with van der Waals surface area (Å²) in [5.41, 5.74) is 2.93. The van der Waals surface area contributed by atoms with E-state index in [1.165, 1.54) is 0 Å². The van der Waals surface area contributed by atoms with Crippen molar-refractivity contribution in [3.05, 3.63) is 65.4 Å². The largest absolute Gasteiger partial charge is 0.507 e. The van der Waals surface area contributed by atoms with Gasteiger partial charge in [-0.05, 0) is 55.8 Å². The molecule has 3 N–H and O–H groups in total. The Labute approximate surface area is 156 Å². The zero-order valence-electron chi connectivity index (χ0n) is 14.9. The number of carbonyl (C=O) groups is 2. The number of para-hydroxylation sites is 1. The van der Waals surface area contributed by atoms with Crippen LogP contribution in [0, 0.1) is 6.92 Å². The summed E-state index contributed by atoms with van der Waals surface area (Å²) in [6.45, 7) is 3.83. The van der Waals surface area contributed by atoms with Crippen molar-refractivity contribution in [3.8, 4) is 17.0 Å². The van der Waals surface area contributed by atoms with Crippen LogP contribution < -0.4 is 5.32 Å². The molecule has 0 saturated heterocycles. The number of aromatic hydroxyl groups is 1. The highest BCUT2D eigenvalue weighted by molar-refractivity contribution is 6.03. The van der Waals surface area contributed by atoms with Crippen molar-refractivity contribution in [2.24, 2.45) is 0 Å². The highest BCUT2D eigenvalue weighted by Gasteiger charge is 2.14. The van der Waals surface area contributed by atoms with Gasteiger partial charge in [0.2, 0.25) is 0 Å². The van der Waals surface area contributed by atoms with Gasteiger partial charge in [0.05, 0.1) is 17.9 Å². The number of aromatic amines is 1. The number of hydrogen-bond donors (Lipinski definition) is 3. The van der Waals surface area contributed by atoms with E-state index in [0.717, 1.165) is 5.56 Å². The van der Waals surface area contributed by atoms with Crippen LogP contribution in [0.5, 0.6) is 5.75 Å². The molecule has 3 rings (SSSR count).